The summed E-state index contributed by atoms with van der Waals surface area (Å²) in [6.07, 6.45) is 2.36. The van der Waals surface area contributed by atoms with Crippen LogP contribution >= 0.6 is 0 Å². The Bertz CT molecular complexity index is 487. The quantitative estimate of drug-likeness (QED) is 0.871. The molecule has 1 aromatic rings. The lowest BCUT2D eigenvalue weighted by atomic mass is 9.98. The minimum Gasteiger partial charge on any atom is -0.496 e. The average molecular weight is 293 g/mol. The largest absolute Gasteiger partial charge is 0.496 e. The number of likely N-dealkylation sites (tertiary alicyclic amines) is 1. The van der Waals surface area contributed by atoms with Crippen LogP contribution in [0.1, 0.15) is 28.8 Å². The van der Waals surface area contributed by atoms with Crippen molar-refractivity contribution in [1.82, 2.24) is 4.90 Å². The van der Waals surface area contributed by atoms with Gasteiger partial charge in [-0.25, -0.2) is 4.79 Å². The predicted molar refractivity (Wildman–Crippen MR) is 79.8 cm³/mol. The van der Waals surface area contributed by atoms with Gasteiger partial charge in [-0.1, -0.05) is 6.07 Å². The Balaban J connectivity index is 2.05. The van der Waals surface area contributed by atoms with Gasteiger partial charge in [0.15, 0.2) is 0 Å². The summed E-state index contributed by atoms with van der Waals surface area (Å²) < 4.78 is 10.3. The second-order valence-corrected chi connectivity index (χ2v) is 5.54. The molecule has 0 radical (unpaired) electrons. The van der Waals surface area contributed by atoms with Crippen molar-refractivity contribution in [3.63, 3.8) is 0 Å². The minimum absolute atomic E-state index is 0.223. The molecule has 0 bridgehead atoms. The highest BCUT2D eigenvalue weighted by molar-refractivity contribution is 5.91. The average Bonchev–Trinajstić information content (AvgIpc) is 2.48. The maximum Gasteiger partial charge on any atom is 0.339 e. The molecule has 0 amide bonds. The molecule has 1 atom stereocenters. The van der Waals surface area contributed by atoms with E-state index in [1.807, 2.05) is 6.07 Å². The van der Waals surface area contributed by atoms with Crippen LogP contribution in [0.15, 0.2) is 18.2 Å². The van der Waals surface area contributed by atoms with Gasteiger partial charge in [-0.2, -0.15) is 0 Å². The van der Waals surface area contributed by atoms with Crippen molar-refractivity contribution in [3.05, 3.63) is 29.3 Å². The molecule has 1 unspecified atom stereocenters. The number of rotatable bonds is 6. The third-order valence-electron chi connectivity index (χ3n) is 3.91. The summed E-state index contributed by atoms with van der Waals surface area (Å²) in [4.78, 5) is 13.6. The number of ether oxygens (including phenoxy) is 2. The Kier molecular flexibility index (Phi) is 5.59. The molecule has 5 nitrogen and oxygen atoms in total. The van der Waals surface area contributed by atoms with Gasteiger partial charge in [0.25, 0.3) is 0 Å². The predicted octanol–water partition coefficient (Wildman–Crippen LogP) is 2.25. The molecule has 1 N–H and O–H groups in total. The highest BCUT2D eigenvalue weighted by Gasteiger charge is 2.20. The standard InChI is InChI=1S/C16H23NO4/c1-20-11-13-4-3-7-17(10-13)9-12-5-6-15(21-2)14(8-12)16(18)19/h5-6,8,13H,3-4,7,9-11H2,1-2H3,(H,18,19). The van der Waals surface area contributed by atoms with Crippen molar-refractivity contribution >= 4 is 5.97 Å². The first-order valence-electron chi connectivity index (χ1n) is 7.25. The Morgan fingerprint density at radius 2 is 2.24 bits per heavy atom. The molecule has 116 valence electrons. The molecule has 0 spiro atoms. The zero-order valence-electron chi connectivity index (χ0n) is 12.7. The van der Waals surface area contributed by atoms with E-state index in [9.17, 15) is 9.90 Å². The number of hydrogen-bond donors (Lipinski definition) is 1. The lowest BCUT2D eigenvalue weighted by molar-refractivity contribution is 0.0692. The van der Waals surface area contributed by atoms with E-state index in [-0.39, 0.29) is 5.56 Å². The Morgan fingerprint density at radius 3 is 2.90 bits per heavy atom. The van der Waals surface area contributed by atoms with Crippen LogP contribution in [-0.2, 0) is 11.3 Å². The second-order valence-electron chi connectivity index (χ2n) is 5.54. The number of piperidine rings is 1. The van der Waals surface area contributed by atoms with Crippen LogP contribution in [0.4, 0.5) is 0 Å². The molecular weight excluding hydrogens is 270 g/mol. The van der Waals surface area contributed by atoms with Crippen LogP contribution in [0.2, 0.25) is 0 Å². The van der Waals surface area contributed by atoms with Gasteiger partial charge in [-0.3, -0.25) is 4.90 Å². The molecule has 1 heterocycles. The summed E-state index contributed by atoms with van der Waals surface area (Å²) in [5, 5.41) is 9.23. The fourth-order valence-corrected chi connectivity index (χ4v) is 2.95. The van der Waals surface area contributed by atoms with E-state index in [4.69, 9.17) is 9.47 Å². The van der Waals surface area contributed by atoms with Gasteiger partial charge in [0.2, 0.25) is 0 Å². The number of aromatic carboxylic acids is 1. The lowest BCUT2D eigenvalue weighted by Gasteiger charge is -2.32. The lowest BCUT2D eigenvalue weighted by Crippen LogP contribution is -2.36. The van der Waals surface area contributed by atoms with Gasteiger partial charge in [-0.15, -0.1) is 0 Å². The first-order valence-corrected chi connectivity index (χ1v) is 7.25. The maximum atomic E-state index is 11.3. The Labute approximate surface area is 125 Å². The van der Waals surface area contributed by atoms with Crippen molar-refractivity contribution in [1.29, 1.82) is 0 Å². The van der Waals surface area contributed by atoms with Crippen LogP contribution in [-0.4, -0.2) is 49.9 Å². The summed E-state index contributed by atoms with van der Waals surface area (Å²) in [6, 6.07) is 5.38. The summed E-state index contributed by atoms with van der Waals surface area (Å²) in [5.74, 6) is 0.0210. The van der Waals surface area contributed by atoms with Crippen molar-refractivity contribution in [2.75, 3.05) is 33.9 Å². The molecule has 0 saturated carbocycles. The SMILES string of the molecule is COCC1CCCN(Cc2ccc(OC)c(C(=O)O)c2)C1. The van der Waals surface area contributed by atoms with E-state index in [0.717, 1.165) is 38.2 Å². The summed E-state index contributed by atoms with van der Waals surface area (Å²) in [6.45, 7) is 3.61. The van der Waals surface area contributed by atoms with Crippen molar-refractivity contribution in [2.45, 2.75) is 19.4 Å². The van der Waals surface area contributed by atoms with E-state index >= 15 is 0 Å². The van der Waals surface area contributed by atoms with E-state index in [1.165, 1.54) is 13.5 Å². The zero-order valence-corrected chi connectivity index (χ0v) is 12.7. The van der Waals surface area contributed by atoms with E-state index in [0.29, 0.717) is 11.7 Å². The summed E-state index contributed by atoms with van der Waals surface area (Å²) in [5.41, 5.74) is 1.23. The van der Waals surface area contributed by atoms with Crippen molar-refractivity contribution < 1.29 is 19.4 Å². The fourth-order valence-electron chi connectivity index (χ4n) is 2.95. The maximum absolute atomic E-state index is 11.3. The summed E-state index contributed by atoms with van der Waals surface area (Å²) >= 11 is 0. The molecule has 1 fully saturated rings. The van der Waals surface area contributed by atoms with E-state index < -0.39 is 5.97 Å². The molecule has 1 aliphatic rings. The number of benzene rings is 1. The van der Waals surface area contributed by atoms with Crippen molar-refractivity contribution in [3.8, 4) is 5.75 Å². The highest BCUT2D eigenvalue weighted by Crippen LogP contribution is 2.23. The molecule has 2 rings (SSSR count). The van der Waals surface area contributed by atoms with Crippen molar-refractivity contribution in [2.24, 2.45) is 5.92 Å². The molecule has 5 heteroatoms. The van der Waals surface area contributed by atoms with E-state index in [2.05, 4.69) is 4.90 Å². The zero-order chi connectivity index (χ0) is 15.2. The number of carboxylic acids is 1. The fraction of sp³-hybridized carbons (Fsp3) is 0.562. The van der Waals surface area contributed by atoms with Gasteiger partial charge in [0.05, 0.1) is 13.7 Å². The second kappa shape index (κ2) is 7.43. The third kappa shape index (κ3) is 4.19. The Hall–Kier alpha value is -1.59. The minimum atomic E-state index is -0.954. The topological polar surface area (TPSA) is 59.0 Å². The number of hydrogen-bond acceptors (Lipinski definition) is 4. The van der Waals surface area contributed by atoms with Gasteiger partial charge in [0, 0.05) is 20.2 Å². The first-order chi connectivity index (χ1) is 10.1. The third-order valence-corrected chi connectivity index (χ3v) is 3.91. The molecule has 1 aliphatic heterocycles. The molecule has 1 saturated heterocycles. The molecule has 1 aromatic carbocycles. The van der Waals surface area contributed by atoms with Gasteiger partial charge in [0.1, 0.15) is 11.3 Å². The number of carboxylic acid groups (broad SMARTS) is 1. The van der Waals surface area contributed by atoms with Crippen LogP contribution in [0.3, 0.4) is 0 Å². The highest BCUT2D eigenvalue weighted by atomic mass is 16.5. The Morgan fingerprint density at radius 1 is 1.43 bits per heavy atom. The van der Waals surface area contributed by atoms with Crippen LogP contribution in [0.25, 0.3) is 0 Å². The molecule has 21 heavy (non-hydrogen) atoms. The number of nitrogens with zero attached hydrogens (tertiary/aromatic N) is 1. The molecular formula is C16H23NO4. The normalized spacial score (nSPS) is 19.4. The van der Waals surface area contributed by atoms with Gasteiger partial charge >= 0.3 is 5.97 Å². The van der Waals surface area contributed by atoms with Gasteiger partial charge in [-0.05, 0) is 43.0 Å². The van der Waals surface area contributed by atoms with Crippen LogP contribution in [0.5, 0.6) is 5.75 Å². The molecule has 0 aromatic heterocycles. The number of methoxy groups -OCH3 is 2. The van der Waals surface area contributed by atoms with Gasteiger partial charge < -0.3 is 14.6 Å². The monoisotopic (exact) mass is 293 g/mol. The van der Waals surface area contributed by atoms with E-state index in [1.54, 1.807) is 19.2 Å². The van der Waals surface area contributed by atoms with Crippen LogP contribution < -0.4 is 4.74 Å². The first kappa shape index (κ1) is 15.8. The molecule has 0 aliphatic carbocycles. The summed E-state index contributed by atoms with van der Waals surface area (Å²) in [7, 11) is 3.23. The van der Waals surface area contributed by atoms with Crippen LogP contribution in [0, 0.1) is 5.92 Å². The number of carbonyl (C=O) groups is 1. The smallest absolute Gasteiger partial charge is 0.339 e.